The molecule has 110 valence electrons. The van der Waals surface area contributed by atoms with Crippen molar-refractivity contribution in [2.24, 2.45) is 7.05 Å². The standard InChI is InChI=1S/C15H24N4O/c1-4-5-16-9-13-8-14(20-12-13)10-18(2)11-15-17-6-7-19(15)3/h6-8,12,16H,4-5,9-11H2,1-3H3. The number of aromatic nitrogens is 2. The van der Waals surface area contributed by atoms with Gasteiger partial charge in [-0.2, -0.15) is 0 Å². The number of furan rings is 1. The summed E-state index contributed by atoms with van der Waals surface area (Å²) in [4.78, 5) is 6.53. The molecule has 0 aliphatic carbocycles. The fourth-order valence-corrected chi connectivity index (χ4v) is 2.12. The third-order valence-corrected chi connectivity index (χ3v) is 3.22. The minimum absolute atomic E-state index is 0.792. The largest absolute Gasteiger partial charge is 0.468 e. The molecular formula is C15H24N4O. The monoisotopic (exact) mass is 276 g/mol. The van der Waals surface area contributed by atoms with Gasteiger partial charge in [0, 0.05) is 31.5 Å². The minimum Gasteiger partial charge on any atom is -0.468 e. The lowest BCUT2D eigenvalue weighted by Gasteiger charge is -2.14. The van der Waals surface area contributed by atoms with Crippen molar-refractivity contribution in [2.75, 3.05) is 13.6 Å². The van der Waals surface area contributed by atoms with Crippen molar-refractivity contribution < 1.29 is 4.42 Å². The quantitative estimate of drug-likeness (QED) is 0.750. The predicted octanol–water partition coefficient (Wildman–Crippen LogP) is 2.14. The van der Waals surface area contributed by atoms with Crippen LogP contribution >= 0.6 is 0 Å². The van der Waals surface area contributed by atoms with Gasteiger partial charge in [-0.25, -0.2) is 4.98 Å². The molecule has 5 nitrogen and oxygen atoms in total. The van der Waals surface area contributed by atoms with E-state index in [1.807, 2.05) is 30.3 Å². The maximum atomic E-state index is 5.61. The Morgan fingerprint density at radius 2 is 2.25 bits per heavy atom. The molecule has 0 aliphatic rings. The van der Waals surface area contributed by atoms with Gasteiger partial charge < -0.3 is 14.3 Å². The number of nitrogens with zero attached hydrogens (tertiary/aromatic N) is 3. The normalized spacial score (nSPS) is 11.4. The molecule has 0 aliphatic heterocycles. The minimum atomic E-state index is 0.792. The first-order valence-electron chi connectivity index (χ1n) is 7.10. The Labute approximate surface area is 120 Å². The molecule has 20 heavy (non-hydrogen) atoms. The summed E-state index contributed by atoms with van der Waals surface area (Å²) < 4.78 is 7.65. The summed E-state index contributed by atoms with van der Waals surface area (Å²) in [5.74, 6) is 2.05. The van der Waals surface area contributed by atoms with E-state index in [-0.39, 0.29) is 0 Å². The van der Waals surface area contributed by atoms with E-state index in [0.29, 0.717) is 0 Å². The van der Waals surface area contributed by atoms with E-state index >= 15 is 0 Å². The molecule has 2 aromatic rings. The van der Waals surface area contributed by atoms with Gasteiger partial charge in [0.05, 0.1) is 19.4 Å². The highest BCUT2D eigenvalue weighted by molar-refractivity contribution is 5.12. The Morgan fingerprint density at radius 3 is 2.95 bits per heavy atom. The van der Waals surface area contributed by atoms with Crippen LogP contribution in [-0.4, -0.2) is 28.0 Å². The Hall–Kier alpha value is -1.59. The summed E-state index contributed by atoms with van der Waals surface area (Å²) in [5.41, 5.74) is 1.21. The summed E-state index contributed by atoms with van der Waals surface area (Å²) in [6.07, 6.45) is 6.78. The van der Waals surface area contributed by atoms with Crippen LogP contribution in [0.25, 0.3) is 0 Å². The highest BCUT2D eigenvalue weighted by atomic mass is 16.3. The van der Waals surface area contributed by atoms with E-state index in [4.69, 9.17) is 4.42 Å². The van der Waals surface area contributed by atoms with Crippen LogP contribution in [0.15, 0.2) is 29.1 Å². The van der Waals surface area contributed by atoms with E-state index in [1.54, 1.807) is 0 Å². The van der Waals surface area contributed by atoms with Crippen LogP contribution in [-0.2, 0) is 26.7 Å². The SMILES string of the molecule is CCCNCc1coc(CN(C)Cc2nccn2C)c1. The molecule has 0 amide bonds. The number of aryl methyl sites for hydroxylation is 1. The summed E-state index contributed by atoms with van der Waals surface area (Å²) in [6, 6.07) is 2.12. The van der Waals surface area contributed by atoms with Crippen LogP contribution in [0.1, 0.15) is 30.5 Å². The third kappa shape index (κ3) is 4.21. The zero-order valence-corrected chi connectivity index (χ0v) is 12.6. The maximum absolute atomic E-state index is 5.61. The number of nitrogens with one attached hydrogen (secondary N) is 1. The van der Waals surface area contributed by atoms with E-state index in [2.05, 4.69) is 35.2 Å². The highest BCUT2D eigenvalue weighted by Gasteiger charge is 2.08. The molecule has 0 bridgehead atoms. The van der Waals surface area contributed by atoms with Gasteiger partial charge in [0.15, 0.2) is 0 Å². The molecule has 0 aromatic carbocycles. The molecule has 0 atom stereocenters. The van der Waals surface area contributed by atoms with Crippen LogP contribution in [0.5, 0.6) is 0 Å². The molecule has 2 heterocycles. The van der Waals surface area contributed by atoms with Crippen LogP contribution in [0, 0.1) is 0 Å². The van der Waals surface area contributed by atoms with Gasteiger partial charge in [0.25, 0.3) is 0 Å². The summed E-state index contributed by atoms with van der Waals surface area (Å²) in [6.45, 7) is 5.69. The second kappa shape index (κ2) is 7.26. The van der Waals surface area contributed by atoms with Crippen molar-refractivity contribution in [3.63, 3.8) is 0 Å². The third-order valence-electron chi connectivity index (χ3n) is 3.22. The van der Waals surface area contributed by atoms with E-state index in [0.717, 1.165) is 44.2 Å². The van der Waals surface area contributed by atoms with Crippen molar-refractivity contribution in [1.82, 2.24) is 19.8 Å². The number of hydrogen-bond acceptors (Lipinski definition) is 4. The lowest BCUT2D eigenvalue weighted by Crippen LogP contribution is -2.19. The lowest BCUT2D eigenvalue weighted by molar-refractivity contribution is 0.278. The molecule has 0 fully saturated rings. The second-order valence-electron chi connectivity index (χ2n) is 5.22. The average Bonchev–Trinajstić information content (AvgIpc) is 3.00. The number of rotatable bonds is 8. The van der Waals surface area contributed by atoms with Crippen molar-refractivity contribution in [1.29, 1.82) is 0 Å². The predicted molar refractivity (Wildman–Crippen MR) is 79.1 cm³/mol. The Balaban J connectivity index is 1.82. The number of hydrogen-bond donors (Lipinski definition) is 1. The smallest absolute Gasteiger partial charge is 0.122 e. The summed E-state index contributed by atoms with van der Waals surface area (Å²) in [7, 11) is 4.09. The van der Waals surface area contributed by atoms with Crippen LogP contribution < -0.4 is 5.32 Å². The van der Waals surface area contributed by atoms with Gasteiger partial charge in [0.1, 0.15) is 11.6 Å². The average molecular weight is 276 g/mol. The highest BCUT2D eigenvalue weighted by Crippen LogP contribution is 2.11. The fraction of sp³-hybridized carbons (Fsp3) is 0.533. The van der Waals surface area contributed by atoms with E-state index in [9.17, 15) is 0 Å². The molecule has 1 N–H and O–H groups in total. The van der Waals surface area contributed by atoms with Crippen molar-refractivity contribution in [3.05, 3.63) is 41.9 Å². The van der Waals surface area contributed by atoms with E-state index < -0.39 is 0 Å². The molecule has 0 saturated heterocycles. The molecule has 0 saturated carbocycles. The second-order valence-corrected chi connectivity index (χ2v) is 5.22. The Kier molecular flexibility index (Phi) is 5.38. The fourth-order valence-electron chi connectivity index (χ4n) is 2.12. The summed E-state index contributed by atoms with van der Waals surface area (Å²) >= 11 is 0. The van der Waals surface area contributed by atoms with Crippen molar-refractivity contribution in [2.45, 2.75) is 33.0 Å². The van der Waals surface area contributed by atoms with Gasteiger partial charge >= 0.3 is 0 Å². The van der Waals surface area contributed by atoms with E-state index in [1.165, 1.54) is 5.56 Å². The van der Waals surface area contributed by atoms with Crippen LogP contribution in [0.3, 0.4) is 0 Å². The molecule has 5 heteroatoms. The van der Waals surface area contributed by atoms with Gasteiger partial charge in [-0.1, -0.05) is 6.92 Å². The molecule has 0 radical (unpaired) electrons. The van der Waals surface area contributed by atoms with Crippen molar-refractivity contribution >= 4 is 0 Å². The topological polar surface area (TPSA) is 46.2 Å². The molecular weight excluding hydrogens is 252 g/mol. The molecule has 0 unspecified atom stereocenters. The zero-order valence-electron chi connectivity index (χ0n) is 12.6. The first-order valence-corrected chi connectivity index (χ1v) is 7.10. The molecule has 2 rings (SSSR count). The van der Waals surface area contributed by atoms with Crippen LogP contribution in [0.2, 0.25) is 0 Å². The zero-order chi connectivity index (χ0) is 14.4. The van der Waals surface area contributed by atoms with Crippen molar-refractivity contribution in [3.8, 4) is 0 Å². The first-order chi connectivity index (χ1) is 9.69. The Morgan fingerprint density at radius 1 is 1.40 bits per heavy atom. The summed E-state index contributed by atoms with van der Waals surface area (Å²) in [5, 5.41) is 3.37. The lowest BCUT2D eigenvalue weighted by atomic mass is 10.3. The molecule has 2 aromatic heterocycles. The van der Waals surface area contributed by atoms with Gasteiger partial charge in [-0.05, 0) is 26.1 Å². The Bertz CT molecular complexity index is 517. The number of imidazole rings is 1. The van der Waals surface area contributed by atoms with Gasteiger partial charge in [-0.3, -0.25) is 4.90 Å². The van der Waals surface area contributed by atoms with Gasteiger partial charge in [0.2, 0.25) is 0 Å². The first kappa shape index (κ1) is 14.8. The maximum Gasteiger partial charge on any atom is 0.122 e. The van der Waals surface area contributed by atoms with Gasteiger partial charge in [-0.15, -0.1) is 0 Å². The van der Waals surface area contributed by atoms with Crippen LogP contribution in [0.4, 0.5) is 0 Å². The molecule has 0 spiro atoms.